The highest BCUT2D eigenvalue weighted by Crippen LogP contribution is 2.41. The van der Waals surface area contributed by atoms with Gasteiger partial charge in [0.1, 0.15) is 5.82 Å². The molecule has 2 aliphatic rings. The topological polar surface area (TPSA) is 92.2 Å². The summed E-state index contributed by atoms with van der Waals surface area (Å²) in [7, 11) is 0. The number of nitrogens with zero attached hydrogens (tertiary/aromatic N) is 4. The third kappa shape index (κ3) is 6.50. The smallest absolute Gasteiger partial charge is 0.324 e. The van der Waals surface area contributed by atoms with Gasteiger partial charge in [-0.3, -0.25) is 15.1 Å². The van der Waals surface area contributed by atoms with Crippen LogP contribution < -0.4 is 10.6 Å². The summed E-state index contributed by atoms with van der Waals surface area (Å²) < 4.78 is 1.79. The molecule has 3 amide bonds. The van der Waals surface area contributed by atoms with E-state index in [0.29, 0.717) is 17.3 Å². The molecule has 3 aromatic carbocycles. The molecule has 2 unspecified atom stereocenters. The number of aromatic nitrogens is 3. The lowest BCUT2D eigenvalue weighted by Gasteiger charge is -2.39. The molecule has 0 aliphatic carbocycles. The molecule has 2 aliphatic heterocycles. The number of fused-ring (bicyclic) bond motifs is 3. The molecule has 0 spiro atoms. The minimum Gasteiger partial charge on any atom is -0.333 e. The number of pyridine rings is 1. The fourth-order valence-corrected chi connectivity index (χ4v) is 7.23. The Hall–Kier alpha value is -4.98. The molecular formula is C39H42N6O2. The maximum Gasteiger partial charge on any atom is 0.324 e. The number of aryl methyl sites for hydroxylation is 1. The zero-order valence-electron chi connectivity index (χ0n) is 27.5. The van der Waals surface area contributed by atoms with Gasteiger partial charge in [-0.25, -0.2) is 9.48 Å². The first kappa shape index (κ1) is 30.7. The van der Waals surface area contributed by atoms with Gasteiger partial charge in [0.25, 0.3) is 5.91 Å². The lowest BCUT2D eigenvalue weighted by atomic mass is 9.85. The van der Waals surface area contributed by atoms with E-state index in [4.69, 9.17) is 5.10 Å². The minimum absolute atomic E-state index is 0.102. The van der Waals surface area contributed by atoms with E-state index in [9.17, 15) is 9.59 Å². The van der Waals surface area contributed by atoms with Crippen LogP contribution in [0.5, 0.6) is 0 Å². The van der Waals surface area contributed by atoms with Crippen LogP contribution in [-0.4, -0.2) is 43.7 Å². The number of hydrogen-bond acceptors (Lipinski definition) is 4. The van der Waals surface area contributed by atoms with Crippen molar-refractivity contribution >= 4 is 34.3 Å². The average Bonchev–Trinajstić information content (AvgIpc) is 3.59. The van der Waals surface area contributed by atoms with Gasteiger partial charge in [0, 0.05) is 40.8 Å². The number of hydrogen-bond donors (Lipinski definition) is 2. The lowest BCUT2D eigenvalue weighted by Crippen LogP contribution is -2.46. The first-order valence-electron chi connectivity index (χ1n) is 16.6. The Balaban J connectivity index is 1.00. The highest BCUT2D eigenvalue weighted by atomic mass is 16.2. The Bertz CT molecular complexity index is 1930. The molecule has 2 fully saturated rings. The number of para-hydroxylation sites is 1. The van der Waals surface area contributed by atoms with Crippen LogP contribution in [0.15, 0.2) is 91.1 Å². The van der Waals surface area contributed by atoms with Crippen molar-refractivity contribution in [2.24, 2.45) is 5.92 Å². The monoisotopic (exact) mass is 626 g/mol. The molecule has 4 heterocycles. The summed E-state index contributed by atoms with van der Waals surface area (Å²) in [5.74, 6) is 1.20. The lowest BCUT2D eigenvalue weighted by molar-refractivity contribution is 0.0524. The molecule has 2 N–H and O–H groups in total. The average molecular weight is 627 g/mol. The highest BCUT2D eigenvalue weighted by Gasteiger charge is 2.43. The number of benzene rings is 3. The second-order valence-corrected chi connectivity index (χ2v) is 14.2. The van der Waals surface area contributed by atoms with Gasteiger partial charge in [0.05, 0.1) is 22.5 Å². The van der Waals surface area contributed by atoms with Crippen molar-refractivity contribution in [2.45, 2.75) is 77.3 Å². The summed E-state index contributed by atoms with van der Waals surface area (Å²) in [6.07, 6.45) is 6.71. The third-order valence-electron chi connectivity index (χ3n) is 9.61. The normalized spacial score (nSPS) is 19.1. The Morgan fingerprint density at radius 2 is 1.62 bits per heavy atom. The number of urea groups is 1. The van der Waals surface area contributed by atoms with Crippen LogP contribution in [0.2, 0.25) is 0 Å². The van der Waals surface area contributed by atoms with Gasteiger partial charge in [0.2, 0.25) is 0 Å². The highest BCUT2D eigenvalue weighted by molar-refractivity contribution is 5.99. The molecule has 8 nitrogen and oxygen atoms in total. The van der Waals surface area contributed by atoms with Crippen molar-refractivity contribution in [1.82, 2.24) is 19.7 Å². The minimum atomic E-state index is -0.316. The zero-order valence-corrected chi connectivity index (χ0v) is 27.5. The number of anilines is 2. The molecule has 2 saturated heterocycles. The number of rotatable bonds is 6. The van der Waals surface area contributed by atoms with Crippen LogP contribution in [0.25, 0.3) is 16.6 Å². The molecule has 0 saturated carbocycles. The van der Waals surface area contributed by atoms with Gasteiger partial charge in [-0.05, 0) is 86.9 Å². The predicted octanol–water partition coefficient (Wildman–Crippen LogP) is 8.30. The van der Waals surface area contributed by atoms with E-state index in [1.807, 2.05) is 79.7 Å². The van der Waals surface area contributed by atoms with Gasteiger partial charge in [-0.1, -0.05) is 68.8 Å². The van der Waals surface area contributed by atoms with Crippen molar-refractivity contribution in [3.63, 3.8) is 0 Å². The van der Waals surface area contributed by atoms with Gasteiger partial charge < -0.3 is 10.2 Å². The fraction of sp³-hybridized carbons (Fsp3) is 0.333. The van der Waals surface area contributed by atoms with Crippen LogP contribution in [0.3, 0.4) is 0 Å². The van der Waals surface area contributed by atoms with Gasteiger partial charge in [-0.2, -0.15) is 5.10 Å². The van der Waals surface area contributed by atoms with Crippen molar-refractivity contribution in [3.05, 3.63) is 114 Å². The maximum absolute atomic E-state index is 13.6. The van der Waals surface area contributed by atoms with Gasteiger partial charge in [0.15, 0.2) is 0 Å². The third-order valence-corrected chi connectivity index (χ3v) is 9.61. The van der Waals surface area contributed by atoms with Crippen LogP contribution in [0.4, 0.5) is 16.3 Å². The number of carbonyl (C=O) groups excluding carboxylic acids is 2. The van der Waals surface area contributed by atoms with Crippen LogP contribution >= 0.6 is 0 Å². The SMILES string of the molecule is Cc1ccc(-n2nc(C(C)(C)C)cc2NC(=O)Nc2cccc(CC3CC4CCC(C3)N4C(=O)c3cnc4ccccc4c3)c2)cc1. The van der Waals surface area contributed by atoms with Crippen LogP contribution in [0, 0.1) is 12.8 Å². The van der Waals surface area contributed by atoms with Crippen molar-refractivity contribution < 1.29 is 9.59 Å². The van der Waals surface area contributed by atoms with Crippen LogP contribution in [-0.2, 0) is 11.8 Å². The number of amides is 3. The Labute approximate surface area is 276 Å². The van der Waals surface area contributed by atoms with E-state index < -0.39 is 0 Å². The van der Waals surface area contributed by atoms with E-state index in [0.717, 1.165) is 65.6 Å². The molecular weight excluding hydrogens is 584 g/mol. The molecule has 5 aromatic rings. The molecule has 0 radical (unpaired) electrons. The quantitative estimate of drug-likeness (QED) is 0.198. The Morgan fingerprint density at radius 3 is 2.36 bits per heavy atom. The largest absolute Gasteiger partial charge is 0.333 e. The summed E-state index contributed by atoms with van der Waals surface area (Å²) in [6.45, 7) is 8.38. The molecule has 47 heavy (non-hydrogen) atoms. The number of carbonyl (C=O) groups is 2. The number of nitrogens with one attached hydrogen (secondary N) is 2. The van der Waals surface area contributed by atoms with E-state index in [-0.39, 0.29) is 29.4 Å². The van der Waals surface area contributed by atoms with Crippen molar-refractivity contribution in [3.8, 4) is 5.69 Å². The van der Waals surface area contributed by atoms with Gasteiger partial charge >= 0.3 is 6.03 Å². The predicted molar refractivity (Wildman–Crippen MR) is 187 cm³/mol. The zero-order chi connectivity index (χ0) is 32.7. The molecule has 2 aromatic heterocycles. The first-order valence-corrected chi connectivity index (χ1v) is 16.6. The van der Waals surface area contributed by atoms with Crippen molar-refractivity contribution in [2.75, 3.05) is 10.6 Å². The maximum atomic E-state index is 13.6. The van der Waals surface area contributed by atoms with E-state index in [2.05, 4.69) is 53.4 Å². The summed E-state index contributed by atoms with van der Waals surface area (Å²) >= 11 is 0. The van der Waals surface area contributed by atoms with E-state index in [1.165, 1.54) is 5.56 Å². The van der Waals surface area contributed by atoms with Gasteiger partial charge in [-0.15, -0.1) is 0 Å². The summed E-state index contributed by atoms with van der Waals surface area (Å²) in [4.78, 5) is 33.6. The molecule has 240 valence electrons. The molecule has 2 atom stereocenters. The Morgan fingerprint density at radius 1 is 0.872 bits per heavy atom. The summed E-state index contributed by atoms with van der Waals surface area (Å²) in [5.41, 5.74) is 6.28. The van der Waals surface area contributed by atoms with E-state index in [1.54, 1.807) is 10.9 Å². The first-order chi connectivity index (χ1) is 22.6. The number of piperidine rings is 1. The van der Waals surface area contributed by atoms with Crippen LogP contribution in [0.1, 0.15) is 73.6 Å². The molecule has 2 bridgehead atoms. The summed E-state index contributed by atoms with van der Waals surface area (Å²) in [5, 5.41) is 11.9. The second-order valence-electron chi connectivity index (χ2n) is 14.2. The molecule has 7 rings (SSSR count). The Kier molecular flexibility index (Phi) is 8.04. The standard InChI is InChI=1S/C39H42N6O2/c1-25-12-14-31(15-13-25)45-36(23-35(43-45)39(2,3)4)42-38(47)41-30-10-7-8-26(19-30)18-27-20-32-16-17-33(21-27)44(32)37(46)29-22-28-9-5-6-11-34(28)40-24-29/h5-15,19,22-24,27,32-33H,16-18,20-21H2,1-4H3,(H2,41,42,47). The fourth-order valence-electron chi connectivity index (χ4n) is 7.23. The van der Waals surface area contributed by atoms with Crippen molar-refractivity contribution in [1.29, 1.82) is 0 Å². The second kappa shape index (κ2) is 12.3. The molecule has 8 heteroatoms. The van der Waals surface area contributed by atoms with E-state index >= 15 is 0 Å². The summed E-state index contributed by atoms with van der Waals surface area (Å²) in [6, 6.07) is 28.3.